The molecule has 5 nitrogen and oxygen atoms in total. The predicted octanol–water partition coefficient (Wildman–Crippen LogP) is 2.91. The van der Waals surface area contributed by atoms with E-state index in [9.17, 15) is 0 Å². The molecule has 0 atom stereocenters. The van der Waals surface area contributed by atoms with Crippen molar-refractivity contribution < 1.29 is 4.52 Å². The van der Waals surface area contributed by atoms with Gasteiger partial charge in [-0.15, -0.1) is 24.0 Å². The molecule has 0 radical (unpaired) electrons. The fourth-order valence-corrected chi connectivity index (χ4v) is 2.47. The van der Waals surface area contributed by atoms with E-state index in [0.29, 0.717) is 12.6 Å². The second-order valence-electron chi connectivity index (χ2n) is 5.12. The number of rotatable bonds is 4. The Morgan fingerprint density at radius 2 is 2.05 bits per heavy atom. The minimum Gasteiger partial charge on any atom is -0.361 e. The van der Waals surface area contributed by atoms with Crippen LogP contribution in [0.25, 0.3) is 0 Å². The molecule has 0 bridgehead atoms. The Hall–Kier alpha value is -0.790. The van der Waals surface area contributed by atoms with Crippen molar-refractivity contribution in [3.63, 3.8) is 0 Å². The van der Waals surface area contributed by atoms with Crippen LogP contribution in [0.15, 0.2) is 9.52 Å². The molecule has 1 aromatic heterocycles. The number of hydrogen-bond acceptors (Lipinski definition) is 3. The number of nitrogens with zero attached hydrogens (tertiary/aromatic N) is 2. The number of halogens is 1. The molecule has 0 saturated heterocycles. The molecule has 114 valence electrons. The molecule has 0 aliphatic heterocycles. The summed E-state index contributed by atoms with van der Waals surface area (Å²) in [7, 11) is 0. The summed E-state index contributed by atoms with van der Waals surface area (Å²) >= 11 is 0. The molecule has 1 fully saturated rings. The van der Waals surface area contributed by atoms with Gasteiger partial charge in [-0.3, -0.25) is 0 Å². The highest BCUT2D eigenvalue weighted by Crippen LogP contribution is 2.17. The molecule has 0 aromatic carbocycles. The molecular weight excluding hydrogens is 367 g/mol. The summed E-state index contributed by atoms with van der Waals surface area (Å²) in [5, 5.41) is 10.8. The van der Waals surface area contributed by atoms with Crippen molar-refractivity contribution in [2.24, 2.45) is 4.99 Å². The number of aliphatic imine (C=N–C) groups is 1. The molecule has 20 heavy (non-hydrogen) atoms. The van der Waals surface area contributed by atoms with E-state index in [0.717, 1.165) is 29.5 Å². The topological polar surface area (TPSA) is 62.5 Å². The summed E-state index contributed by atoms with van der Waals surface area (Å²) in [4.78, 5) is 4.64. The Morgan fingerprint density at radius 3 is 2.60 bits per heavy atom. The summed E-state index contributed by atoms with van der Waals surface area (Å²) in [5.74, 6) is 1.76. The van der Waals surface area contributed by atoms with Gasteiger partial charge in [0.2, 0.25) is 0 Å². The number of hydrogen-bond donors (Lipinski definition) is 2. The third kappa shape index (κ3) is 4.64. The summed E-state index contributed by atoms with van der Waals surface area (Å²) in [6, 6.07) is 0.572. The Morgan fingerprint density at radius 1 is 1.35 bits per heavy atom. The van der Waals surface area contributed by atoms with Crippen molar-refractivity contribution in [2.45, 2.75) is 59.0 Å². The lowest BCUT2D eigenvalue weighted by atomic mass is 10.2. The first-order valence-corrected chi connectivity index (χ1v) is 7.17. The maximum atomic E-state index is 5.16. The van der Waals surface area contributed by atoms with Crippen LogP contribution in [-0.4, -0.2) is 23.7 Å². The van der Waals surface area contributed by atoms with Gasteiger partial charge in [-0.1, -0.05) is 18.0 Å². The fraction of sp³-hybridized carbons (Fsp3) is 0.714. The average Bonchev–Trinajstić information content (AvgIpc) is 2.99. The Bertz CT molecular complexity index is 419. The molecule has 2 N–H and O–H groups in total. The van der Waals surface area contributed by atoms with Gasteiger partial charge in [-0.25, -0.2) is 4.99 Å². The van der Waals surface area contributed by atoms with Gasteiger partial charge in [0, 0.05) is 18.2 Å². The SMILES string of the molecule is CCNC(=NCc1c(C)noc1C)NC1CCCC1.I. The van der Waals surface area contributed by atoms with Gasteiger partial charge < -0.3 is 15.2 Å². The number of aryl methyl sites for hydroxylation is 2. The van der Waals surface area contributed by atoms with E-state index in [1.807, 2.05) is 13.8 Å². The van der Waals surface area contributed by atoms with Gasteiger partial charge in [0.15, 0.2) is 5.96 Å². The molecule has 0 amide bonds. The zero-order valence-electron chi connectivity index (χ0n) is 12.5. The maximum absolute atomic E-state index is 5.16. The number of aromatic nitrogens is 1. The molecule has 0 unspecified atom stereocenters. The fourth-order valence-electron chi connectivity index (χ4n) is 2.47. The second-order valence-corrected chi connectivity index (χ2v) is 5.12. The molecule has 1 saturated carbocycles. The highest BCUT2D eigenvalue weighted by Gasteiger charge is 2.16. The highest BCUT2D eigenvalue weighted by molar-refractivity contribution is 14.0. The van der Waals surface area contributed by atoms with Crippen LogP contribution >= 0.6 is 24.0 Å². The largest absolute Gasteiger partial charge is 0.361 e. The van der Waals surface area contributed by atoms with E-state index in [2.05, 4.69) is 27.7 Å². The zero-order valence-corrected chi connectivity index (χ0v) is 14.9. The highest BCUT2D eigenvalue weighted by atomic mass is 127. The normalized spacial score (nSPS) is 16.1. The van der Waals surface area contributed by atoms with Crippen LogP contribution in [0.1, 0.15) is 49.6 Å². The van der Waals surface area contributed by atoms with Gasteiger partial charge in [-0.2, -0.15) is 0 Å². The molecular formula is C14H25IN4O. The predicted molar refractivity (Wildman–Crippen MR) is 91.6 cm³/mol. The van der Waals surface area contributed by atoms with E-state index >= 15 is 0 Å². The minimum atomic E-state index is 0. The molecule has 0 spiro atoms. The lowest BCUT2D eigenvalue weighted by Gasteiger charge is -2.16. The van der Waals surface area contributed by atoms with Gasteiger partial charge in [-0.05, 0) is 33.6 Å². The van der Waals surface area contributed by atoms with E-state index in [4.69, 9.17) is 4.52 Å². The molecule has 1 aliphatic rings. The first-order chi connectivity index (χ1) is 9.20. The van der Waals surface area contributed by atoms with Crippen molar-refractivity contribution in [3.05, 3.63) is 17.0 Å². The Balaban J connectivity index is 0.00000200. The van der Waals surface area contributed by atoms with Gasteiger partial charge in [0.25, 0.3) is 0 Å². The van der Waals surface area contributed by atoms with E-state index in [1.165, 1.54) is 25.7 Å². The quantitative estimate of drug-likeness (QED) is 0.470. The maximum Gasteiger partial charge on any atom is 0.191 e. The average molecular weight is 392 g/mol. The lowest BCUT2D eigenvalue weighted by Crippen LogP contribution is -2.42. The van der Waals surface area contributed by atoms with Crippen LogP contribution in [0.5, 0.6) is 0 Å². The molecule has 1 heterocycles. The van der Waals surface area contributed by atoms with Crippen molar-refractivity contribution in [2.75, 3.05) is 6.54 Å². The first kappa shape index (κ1) is 17.3. The summed E-state index contributed by atoms with van der Waals surface area (Å²) < 4.78 is 5.16. The number of nitrogens with one attached hydrogen (secondary N) is 2. The van der Waals surface area contributed by atoms with Crippen molar-refractivity contribution in [1.29, 1.82) is 0 Å². The van der Waals surface area contributed by atoms with Gasteiger partial charge in [0.05, 0.1) is 12.2 Å². The second kappa shape index (κ2) is 8.49. The molecule has 6 heteroatoms. The van der Waals surface area contributed by atoms with Crippen molar-refractivity contribution in [1.82, 2.24) is 15.8 Å². The van der Waals surface area contributed by atoms with Gasteiger partial charge in [0.1, 0.15) is 5.76 Å². The summed E-state index contributed by atoms with van der Waals surface area (Å²) in [6.45, 7) is 7.46. The van der Waals surface area contributed by atoms with Crippen LogP contribution in [0.2, 0.25) is 0 Å². The van der Waals surface area contributed by atoms with E-state index < -0.39 is 0 Å². The monoisotopic (exact) mass is 392 g/mol. The molecule has 1 aliphatic carbocycles. The standard InChI is InChI=1S/C14H24N4O.HI/c1-4-15-14(17-12-7-5-6-8-12)16-9-13-10(2)18-19-11(13)3;/h12H,4-9H2,1-3H3,(H2,15,16,17);1H. The van der Waals surface area contributed by atoms with Crippen LogP contribution < -0.4 is 10.6 Å². The molecule has 1 aromatic rings. The summed E-state index contributed by atoms with van der Waals surface area (Å²) in [5.41, 5.74) is 2.02. The zero-order chi connectivity index (χ0) is 13.7. The van der Waals surface area contributed by atoms with Gasteiger partial charge >= 0.3 is 0 Å². The minimum absolute atomic E-state index is 0. The summed E-state index contributed by atoms with van der Waals surface area (Å²) in [6.07, 6.45) is 5.13. The molecule has 2 rings (SSSR count). The van der Waals surface area contributed by atoms with Crippen molar-refractivity contribution in [3.8, 4) is 0 Å². The van der Waals surface area contributed by atoms with E-state index in [1.54, 1.807) is 0 Å². The smallest absolute Gasteiger partial charge is 0.191 e. The lowest BCUT2D eigenvalue weighted by molar-refractivity contribution is 0.392. The third-order valence-corrected chi connectivity index (χ3v) is 3.62. The van der Waals surface area contributed by atoms with Crippen LogP contribution in [-0.2, 0) is 6.54 Å². The Labute approximate surface area is 138 Å². The number of guanidine groups is 1. The van der Waals surface area contributed by atoms with Crippen LogP contribution in [0.4, 0.5) is 0 Å². The first-order valence-electron chi connectivity index (χ1n) is 7.17. The van der Waals surface area contributed by atoms with Crippen LogP contribution in [0, 0.1) is 13.8 Å². The third-order valence-electron chi connectivity index (χ3n) is 3.62. The van der Waals surface area contributed by atoms with E-state index in [-0.39, 0.29) is 24.0 Å². The van der Waals surface area contributed by atoms with Crippen molar-refractivity contribution >= 4 is 29.9 Å². The van der Waals surface area contributed by atoms with Crippen LogP contribution in [0.3, 0.4) is 0 Å². The Kier molecular flexibility index (Phi) is 7.32.